The summed E-state index contributed by atoms with van der Waals surface area (Å²) in [6.45, 7) is 0. The topological polar surface area (TPSA) is 30.2 Å². The van der Waals surface area contributed by atoms with E-state index in [2.05, 4.69) is 0 Å². The standard InChI is InChI=1S/C9H9ClO2/c10-8-5-4-7(12-8)9(11)6-2-1-3-6/h4-6H,1-3H2. The van der Waals surface area contributed by atoms with E-state index >= 15 is 0 Å². The van der Waals surface area contributed by atoms with Gasteiger partial charge in [0.05, 0.1) is 0 Å². The first-order valence-corrected chi connectivity index (χ1v) is 4.45. The molecule has 1 heterocycles. The number of rotatable bonds is 2. The maximum absolute atomic E-state index is 11.5. The number of hydrogen-bond acceptors (Lipinski definition) is 2. The van der Waals surface area contributed by atoms with Crippen molar-refractivity contribution in [3.05, 3.63) is 23.1 Å². The monoisotopic (exact) mass is 184 g/mol. The molecule has 0 saturated heterocycles. The molecule has 1 aromatic heterocycles. The van der Waals surface area contributed by atoms with E-state index in [1.165, 1.54) is 0 Å². The highest BCUT2D eigenvalue weighted by Gasteiger charge is 2.28. The highest BCUT2D eigenvalue weighted by Crippen LogP contribution is 2.30. The molecule has 0 atom stereocenters. The summed E-state index contributed by atoms with van der Waals surface area (Å²) in [5.41, 5.74) is 0. The van der Waals surface area contributed by atoms with Crippen LogP contribution in [0.15, 0.2) is 16.5 Å². The molecule has 0 amide bonds. The first-order chi connectivity index (χ1) is 5.77. The summed E-state index contributed by atoms with van der Waals surface area (Å²) in [5, 5.41) is 0.290. The zero-order valence-electron chi connectivity index (χ0n) is 6.55. The van der Waals surface area contributed by atoms with Gasteiger partial charge in [-0.1, -0.05) is 6.42 Å². The van der Waals surface area contributed by atoms with Crippen LogP contribution in [0.2, 0.25) is 5.22 Å². The molecule has 0 aromatic carbocycles. The van der Waals surface area contributed by atoms with Crippen molar-refractivity contribution in [3.8, 4) is 0 Å². The minimum absolute atomic E-state index is 0.105. The van der Waals surface area contributed by atoms with E-state index in [4.69, 9.17) is 16.0 Å². The molecular weight excluding hydrogens is 176 g/mol. The molecule has 1 fully saturated rings. The van der Waals surface area contributed by atoms with Crippen LogP contribution in [0.1, 0.15) is 29.8 Å². The number of carbonyl (C=O) groups is 1. The number of halogens is 1. The second-order valence-corrected chi connectivity index (χ2v) is 3.47. The van der Waals surface area contributed by atoms with Gasteiger partial charge in [-0.25, -0.2) is 0 Å². The average molecular weight is 185 g/mol. The van der Waals surface area contributed by atoms with Gasteiger partial charge in [-0.2, -0.15) is 0 Å². The Labute approximate surface area is 75.5 Å². The Morgan fingerprint density at radius 1 is 1.50 bits per heavy atom. The van der Waals surface area contributed by atoms with E-state index in [1.807, 2.05) is 0 Å². The molecule has 0 bridgehead atoms. The fourth-order valence-corrected chi connectivity index (χ4v) is 1.46. The van der Waals surface area contributed by atoms with E-state index in [-0.39, 0.29) is 16.9 Å². The molecule has 0 radical (unpaired) electrons. The van der Waals surface area contributed by atoms with E-state index < -0.39 is 0 Å². The van der Waals surface area contributed by atoms with Crippen molar-refractivity contribution < 1.29 is 9.21 Å². The Bertz CT molecular complexity index is 299. The third kappa shape index (κ3) is 1.27. The maximum Gasteiger partial charge on any atom is 0.201 e. The molecule has 1 aliphatic carbocycles. The van der Waals surface area contributed by atoms with E-state index in [9.17, 15) is 4.79 Å². The minimum atomic E-state index is 0.105. The Morgan fingerprint density at radius 3 is 2.67 bits per heavy atom. The minimum Gasteiger partial charge on any atom is -0.442 e. The summed E-state index contributed by atoms with van der Waals surface area (Å²) in [4.78, 5) is 11.5. The molecule has 0 spiro atoms. The third-order valence-electron chi connectivity index (χ3n) is 2.29. The zero-order valence-corrected chi connectivity index (χ0v) is 7.30. The maximum atomic E-state index is 11.5. The lowest BCUT2D eigenvalue weighted by Gasteiger charge is -2.22. The van der Waals surface area contributed by atoms with Crippen LogP contribution in [-0.2, 0) is 0 Å². The molecular formula is C9H9ClO2. The number of hydrogen-bond donors (Lipinski definition) is 0. The van der Waals surface area contributed by atoms with E-state index in [0.717, 1.165) is 19.3 Å². The lowest BCUT2D eigenvalue weighted by molar-refractivity contribution is 0.0826. The SMILES string of the molecule is O=C(c1ccc(Cl)o1)C1CCC1. The normalized spacial score (nSPS) is 17.4. The van der Waals surface area contributed by atoms with Crippen molar-refractivity contribution in [2.45, 2.75) is 19.3 Å². The molecule has 0 unspecified atom stereocenters. The van der Waals surface area contributed by atoms with Crippen molar-refractivity contribution in [3.63, 3.8) is 0 Å². The fraction of sp³-hybridized carbons (Fsp3) is 0.444. The molecule has 1 saturated carbocycles. The Balaban J connectivity index is 2.13. The summed E-state index contributed by atoms with van der Waals surface area (Å²) < 4.78 is 5.02. The molecule has 0 aliphatic heterocycles. The lowest BCUT2D eigenvalue weighted by Crippen LogP contribution is -2.21. The second-order valence-electron chi connectivity index (χ2n) is 3.10. The predicted molar refractivity (Wildman–Crippen MR) is 45.4 cm³/mol. The summed E-state index contributed by atoms with van der Waals surface area (Å²) in [7, 11) is 0. The molecule has 2 rings (SSSR count). The van der Waals surface area contributed by atoms with Gasteiger partial charge in [-0.3, -0.25) is 4.79 Å². The molecule has 1 aliphatic rings. The summed E-state index contributed by atoms with van der Waals surface area (Å²) in [6.07, 6.45) is 3.15. The Morgan fingerprint density at radius 2 is 2.25 bits per heavy atom. The van der Waals surface area contributed by atoms with Crippen LogP contribution in [-0.4, -0.2) is 5.78 Å². The van der Waals surface area contributed by atoms with Gasteiger partial charge in [0.1, 0.15) is 0 Å². The third-order valence-corrected chi connectivity index (χ3v) is 2.50. The molecule has 12 heavy (non-hydrogen) atoms. The molecule has 3 heteroatoms. The second kappa shape index (κ2) is 2.94. The van der Waals surface area contributed by atoms with Crippen molar-refractivity contribution in [1.29, 1.82) is 0 Å². The van der Waals surface area contributed by atoms with Crippen molar-refractivity contribution in [1.82, 2.24) is 0 Å². The van der Waals surface area contributed by atoms with Crippen molar-refractivity contribution >= 4 is 17.4 Å². The summed E-state index contributed by atoms with van der Waals surface area (Å²) >= 11 is 5.55. The van der Waals surface area contributed by atoms with E-state index in [1.54, 1.807) is 12.1 Å². The zero-order chi connectivity index (χ0) is 8.55. The summed E-state index contributed by atoms with van der Waals surface area (Å²) in [5.74, 6) is 0.699. The molecule has 1 aromatic rings. The first kappa shape index (κ1) is 7.87. The highest BCUT2D eigenvalue weighted by atomic mass is 35.5. The molecule has 64 valence electrons. The summed E-state index contributed by atoms with van der Waals surface area (Å²) in [6, 6.07) is 3.25. The first-order valence-electron chi connectivity index (χ1n) is 4.07. The van der Waals surface area contributed by atoms with Crippen LogP contribution >= 0.6 is 11.6 Å². The molecule has 2 nitrogen and oxygen atoms in total. The van der Waals surface area contributed by atoms with Crippen LogP contribution in [0, 0.1) is 5.92 Å². The van der Waals surface area contributed by atoms with Gasteiger partial charge in [0.25, 0.3) is 0 Å². The lowest BCUT2D eigenvalue weighted by atomic mass is 9.81. The predicted octanol–water partition coefficient (Wildman–Crippen LogP) is 2.92. The van der Waals surface area contributed by atoms with Crippen molar-refractivity contribution in [2.75, 3.05) is 0 Å². The molecule has 0 N–H and O–H groups in total. The average Bonchev–Trinajstić information content (AvgIpc) is 2.31. The van der Waals surface area contributed by atoms with Gasteiger partial charge in [0.15, 0.2) is 11.0 Å². The van der Waals surface area contributed by atoms with Gasteiger partial charge in [-0.05, 0) is 36.6 Å². The van der Waals surface area contributed by atoms with E-state index in [0.29, 0.717) is 5.76 Å². The number of ketones is 1. The van der Waals surface area contributed by atoms with Crippen molar-refractivity contribution in [2.24, 2.45) is 5.92 Å². The van der Waals surface area contributed by atoms with Gasteiger partial charge < -0.3 is 4.42 Å². The quantitative estimate of drug-likeness (QED) is 0.662. The number of furan rings is 1. The largest absolute Gasteiger partial charge is 0.442 e. The van der Waals surface area contributed by atoms with Crippen LogP contribution in [0.4, 0.5) is 0 Å². The van der Waals surface area contributed by atoms with Crippen LogP contribution in [0.5, 0.6) is 0 Å². The Kier molecular flexibility index (Phi) is 1.93. The number of carbonyl (C=O) groups excluding carboxylic acids is 1. The van der Waals surface area contributed by atoms with Gasteiger partial charge in [0.2, 0.25) is 5.78 Å². The van der Waals surface area contributed by atoms with Gasteiger partial charge in [-0.15, -0.1) is 0 Å². The van der Waals surface area contributed by atoms with Crippen LogP contribution in [0.25, 0.3) is 0 Å². The number of Topliss-reactive ketones (excluding diaryl/α,β-unsaturated/α-hetero) is 1. The van der Waals surface area contributed by atoms with Crippen LogP contribution < -0.4 is 0 Å². The Hall–Kier alpha value is -0.760. The smallest absolute Gasteiger partial charge is 0.201 e. The highest BCUT2D eigenvalue weighted by molar-refractivity contribution is 6.29. The van der Waals surface area contributed by atoms with Gasteiger partial charge >= 0.3 is 0 Å². The fourth-order valence-electron chi connectivity index (χ4n) is 1.32. The van der Waals surface area contributed by atoms with Gasteiger partial charge in [0, 0.05) is 5.92 Å². The van der Waals surface area contributed by atoms with Crippen LogP contribution in [0.3, 0.4) is 0 Å².